The Morgan fingerprint density at radius 2 is 0.918 bits per heavy atom. The van der Waals surface area contributed by atoms with Crippen LogP contribution in [0.25, 0.3) is 99.5 Å². The van der Waals surface area contributed by atoms with Gasteiger partial charge >= 0.3 is 0 Å². The fourth-order valence-corrected chi connectivity index (χ4v) is 7.02. The van der Waals surface area contributed by atoms with Gasteiger partial charge < -0.3 is 4.42 Å². The van der Waals surface area contributed by atoms with Gasteiger partial charge in [0.2, 0.25) is 0 Å². The number of aromatic nitrogens is 3. The van der Waals surface area contributed by atoms with Crippen molar-refractivity contribution in [2.24, 2.45) is 0 Å². The highest BCUT2D eigenvalue weighted by Gasteiger charge is 2.21. The van der Waals surface area contributed by atoms with Crippen molar-refractivity contribution < 1.29 is 4.42 Å². The molecule has 0 saturated carbocycles. The van der Waals surface area contributed by atoms with Crippen LogP contribution in [0.4, 0.5) is 0 Å². The maximum absolute atomic E-state index is 6.78. The maximum Gasteiger partial charge on any atom is 0.164 e. The van der Waals surface area contributed by atoms with Crippen molar-refractivity contribution in [2.45, 2.75) is 0 Å². The van der Waals surface area contributed by atoms with Crippen molar-refractivity contribution in [1.29, 1.82) is 0 Å². The number of fused-ring (bicyclic) bond motifs is 7. The third-order valence-corrected chi connectivity index (χ3v) is 9.46. The average Bonchev–Trinajstić information content (AvgIpc) is 3.56. The van der Waals surface area contributed by atoms with Crippen LogP contribution in [-0.4, -0.2) is 15.0 Å². The molecule has 0 aliphatic carbocycles. The van der Waals surface area contributed by atoms with Gasteiger partial charge in [-0.3, -0.25) is 0 Å². The highest BCUT2D eigenvalue weighted by atomic mass is 16.3. The van der Waals surface area contributed by atoms with Crippen LogP contribution in [0, 0.1) is 0 Å². The molecule has 0 aliphatic heterocycles. The van der Waals surface area contributed by atoms with E-state index < -0.39 is 0 Å². The minimum atomic E-state index is 0.598. The lowest BCUT2D eigenvalue weighted by atomic mass is 9.96. The fraction of sp³-hybridized carbons (Fsp3) is 0. The summed E-state index contributed by atoms with van der Waals surface area (Å²) in [6.45, 7) is 0. The maximum atomic E-state index is 6.78. The molecule has 0 spiro atoms. The standard InChI is InChI=1S/C45H27N3O/c1-2-13-31(14-3-1)43-46-44(35-21-19-29-11-5-7-16-33(29)25-35)48-45(47-43)39-26-36(34-20-18-28-10-4-6-15-32(28)24-34)27-40-41(39)38-23-22-30-12-8-9-17-37(30)42(38)49-40/h1-27H. The summed E-state index contributed by atoms with van der Waals surface area (Å²) >= 11 is 0. The molecule has 228 valence electrons. The molecule has 49 heavy (non-hydrogen) atoms. The van der Waals surface area contributed by atoms with Gasteiger partial charge in [0.15, 0.2) is 17.5 Å². The van der Waals surface area contributed by atoms with Crippen LogP contribution < -0.4 is 0 Å². The molecule has 10 rings (SSSR count). The van der Waals surface area contributed by atoms with E-state index in [9.17, 15) is 0 Å². The molecular weight excluding hydrogens is 599 g/mol. The molecule has 8 aromatic carbocycles. The van der Waals surface area contributed by atoms with Gasteiger partial charge in [-0.15, -0.1) is 0 Å². The summed E-state index contributed by atoms with van der Waals surface area (Å²) in [5.41, 5.74) is 6.54. The Kier molecular flexibility index (Phi) is 6.15. The summed E-state index contributed by atoms with van der Waals surface area (Å²) in [6, 6.07) is 57.0. The Morgan fingerprint density at radius 3 is 1.67 bits per heavy atom. The van der Waals surface area contributed by atoms with Crippen molar-refractivity contribution in [3.8, 4) is 45.3 Å². The molecule has 2 heterocycles. The molecule has 0 bridgehead atoms. The van der Waals surface area contributed by atoms with Gasteiger partial charge in [0.1, 0.15) is 11.2 Å². The number of rotatable bonds is 4. The normalized spacial score (nSPS) is 11.7. The van der Waals surface area contributed by atoms with E-state index in [-0.39, 0.29) is 0 Å². The molecule has 0 amide bonds. The van der Waals surface area contributed by atoms with Crippen LogP contribution in [0.2, 0.25) is 0 Å². The van der Waals surface area contributed by atoms with E-state index in [0.717, 1.165) is 65.9 Å². The number of benzene rings is 8. The summed E-state index contributed by atoms with van der Waals surface area (Å²) in [5, 5.41) is 8.92. The molecular formula is C45H27N3O. The van der Waals surface area contributed by atoms with E-state index in [4.69, 9.17) is 19.4 Å². The number of furan rings is 1. The van der Waals surface area contributed by atoms with E-state index in [0.29, 0.717) is 17.5 Å². The third kappa shape index (κ3) is 4.65. The van der Waals surface area contributed by atoms with Crippen LogP contribution in [0.15, 0.2) is 168 Å². The fourth-order valence-electron chi connectivity index (χ4n) is 7.02. The van der Waals surface area contributed by atoms with Crippen LogP contribution in [0.1, 0.15) is 0 Å². The van der Waals surface area contributed by atoms with Crippen LogP contribution in [0.5, 0.6) is 0 Å². The zero-order valence-corrected chi connectivity index (χ0v) is 26.3. The van der Waals surface area contributed by atoms with Crippen molar-refractivity contribution in [3.63, 3.8) is 0 Å². The lowest BCUT2D eigenvalue weighted by Gasteiger charge is -2.12. The van der Waals surface area contributed by atoms with E-state index in [1.165, 1.54) is 16.2 Å². The number of hydrogen-bond donors (Lipinski definition) is 0. The van der Waals surface area contributed by atoms with Crippen LogP contribution in [-0.2, 0) is 0 Å². The Bertz CT molecular complexity index is 2890. The zero-order chi connectivity index (χ0) is 32.3. The van der Waals surface area contributed by atoms with Gasteiger partial charge in [-0.05, 0) is 68.4 Å². The number of hydrogen-bond acceptors (Lipinski definition) is 4. The van der Waals surface area contributed by atoms with Crippen LogP contribution >= 0.6 is 0 Å². The summed E-state index contributed by atoms with van der Waals surface area (Å²) in [5.74, 6) is 1.84. The zero-order valence-electron chi connectivity index (χ0n) is 26.3. The molecule has 4 nitrogen and oxygen atoms in total. The van der Waals surface area contributed by atoms with Crippen molar-refractivity contribution in [3.05, 3.63) is 164 Å². The quantitative estimate of drug-likeness (QED) is 0.195. The summed E-state index contributed by atoms with van der Waals surface area (Å²) in [4.78, 5) is 15.5. The molecule has 4 heteroatoms. The molecule has 0 atom stereocenters. The number of nitrogens with zero attached hydrogens (tertiary/aromatic N) is 3. The van der Waals surface area contributed by atoms with Gasteiger partial charge in [-0.2, -0.15) is 0 Å². The predicted molar refractivity (Wildman–Crippen MR) is 201 cm³/mol. The van der Waals surface area contributed by atoms with E-state index >= 15 is 0 Å². The summed E-state index contributed by atoms with van der Waals surface area (Å²) < 4.78 is 6.78. The molecule has 0 radical (unpaired) electrons. The monoisotopic (exact) mass is 625 g/mol. The Balaban J connectivity index is 1.28. The minimum Gasteiger partial charge on any atom is -0.455 e. The molecule has 0 N–H and O–H groups in total. The highest BCUT2D eigenvalue weighted by Crippen LogP contribution is 2.42. The minimum absolute atomic E-state index is 0.598. The second-order valence-electron chi connectivity index (χ2n) is 12.5. The van der Waals surface area contributed by atoms with Gasteiger partial charge in [-0.1, -0.05) is 133 Å². The summed E-state index contributed by atoms with van der Waals surface area (Å²) in [6.07, 6.45) is 0. The molecule has 0 aliphatic rings. The first-order chi connectivity index (χ1) is 24.2. The first-order valence-electron chi connectivity index (χ1n) is 16.4. The van der Waals surface area contributed by atoms with Crippen molar-refractivity contribution in [2.75, 3.05) is 0 Å². The molecule has 2 aromatic heterocycles. The smallest absolute Gasteiger partial charge is 0.164 e. The first-order valence-corrected chi connectivity index (χ1v) is 16.4. The highest BCUT2D eigenvalue weighted by molar-refractivity contribution is 6.19. The third-order valence-electron chi connectivity index (χ3n) is 9.46. The average molecular weight is 626 g/mol. The van der Waals surface area contributed by atoms with Crippen molar-refractivity contribution >= 4 is 54.3 Å². The Labute approximate surface area is 282 Å². The SMILES string of the molecule is c1ccc(-c2nc(-c3ccc4ccccc4c3)nc(-c3cc(-c4ccc5ccccc5c4)cc4oc5c6ccccc6ccc5c34)n2)cc1. The Hall–Kier alpha value is -6.65. The van der Waals surface area contributed by atoms with Gasteiger partial charge in [0, 0.05) is 32.8 Å². The summed E-state index contributed by atoms with van der Waals surface area (Å²) in [7, 11) is 0. The second-order valence-corrected chi connectivity index (χ2v) is 12.5. The lowest BCUT2D eigenvalue weighted by molar-refractivity contribution is 0.673. The first kappa shape index (κ1) is 27.5. The second kappa shape index (κ2) is 11.0. The molecule has 0 unspecified atom stereocenters. The van der Waals surface area contributed by atoms with Crippen molar-refractivity contribution in [1.82, 2.24) is 15.0 Å². The molecule has 0 saturated heterocycles. The lowest BCUT2D eigenvalue weighted by Crippen LogP contribution is -2.00. The predicted octanol–water partition coefficient (Wildman–Crippen LogP) is 11.9. The largest absolute Gasteiger partial charge is 0.455 e. The van der Waals surface area contributed by atoms with E-state index in [1.807, 2.05) is 30.3 Å². The van der Waals surface area contributed by atoms with Crippen LogP contribution in [0.3, 0.4) is 0 Å². The van der Waals surface area contributed by atoms with Gasteiger partial charge in [0.25, 0.3) is 0 Å². The van der Waals surface area contributed by atoms with E-state index in [1.54, 1.807) is 0 Å². The molecule has 10 aromatic rings. The molecule has 0 fully saturated rings. The Morgan fingerprint density at radius 1 is 0.347 bits per heavy atom. The van der Waals surface area contributed by atoms with Gasteiger partial charge in [0.05, 0.1) is 0 Å². The van der Waals surface area contributed by atoms with E-state index in [2.05, 4.69) is 133 Å². The topological polar surface area (TPSA) is 51.8 Å². The van der Waals surface area contributed by atoms with Gasteiger partial charge in [-0.25, -0.2) is 15.0 Å².